The molecule has 1 amide bonds. The van der Waals surface area contributed by atoms with Crippen LogP contribution in [-0.2, 0) is 11.2 Å². The topological polar surface area (TPSA) is 86.4 Å². The summed E-state index contributed by atoms with van der Waals surface area (Å²) in [5, 5.41) is 18.9. The Bertz CT molecular complexity index is 720. The quantitative estimate of drug-likeness (QED) is 0.865. The van der Waals surface area contributed by atoms with Crippen LogP contribution >= 0.6 is 11.6 Å². The lowest BCUT2D eigenvalue weighted by molar-refractivity contribution is -0.000600. The van der Waals surface area contributed by atoms with Crippen molar-refractivity contribution in [1.82, 2.24) is 9.88 Å². The molecule has 1 saturated heterocycles. The monoisotopic (exact) mass is 383 g/mol. The number of halogens is 2. The number of rotatable bonds is 3. The van der Waals surface area contributed by atoms with Crippen LogP contribution in [0.15, 0.2) is 6.20 Å². The zero-order valence-electron chi connectivity index (χ0n) is 15.2. The van der Waals surface area contributed by atoms with E-state index < -0.39 is 22.9 Å². The molecule has 142 valence electrons. The van der Waals surface area contributed by atoms with Gasteiger partial charge in [-0.1, -0.05) is 11.6 Å². The number of hydrogen-bond donors (Lipinski definition) is 1. The Morgan fingerprint density at radius 1 is 1.50 bits per heavy atom. The van der Waals surface area contributed by atoms with Crippen LogP contribution in [0.5, 0.6) is 0 Å². The molecule has 2 rings (SSSR count). The number of piperidine rings is 1. The van der Waals surface area contributed by atoms with Gasteiger partial charge in [0.25, 0.3) is 0 Å². The minimum Gasteiger partial charge on any atom is -0.444 e. The van der Waals surface area contributed by atoms with E-state index in [1.54, 1.807) is 31.7 Å². The Hall–Kier alpha value is -1.91. The van der Waals surface area contributed by atoms with Gasteiger partial charge in [-0.25, -0.2) is 9.18 Å². The molecule has 1 aliphatic heterocycles. The van der Waals surface area contributed by atoms with E-state index in [-0.39, 0.29) is 29.3 Å². The van der Waals surface area contributed by atoms with Crippen LogP contribution < -0.4 is 0 Å². The second-order valence-corrected chi connectivity index (χ2v) is 8.06. The van der Waals surface area contributed by atoms with Gasteiger partial charge < -0.3 is 14.7 Å². The third kappa shape index (κ3) is 4.63. The molecule has 0 aliphatic carbocycles. The summed E-state index contributed by atoms with van der Waals surface area (Å²) in [5.41, 5.74) is -1.32. The standard InChI is InChI=1S/C18H23ClFN3O3/c1-17(2,3)26-16(25)23-6-4-18(11-24,5-7-23)8-14-15(20)12(9-21)13(19)10-22-14/h10,24H,4-8,11H2,1-3H3. The third-order valence-electron chi connectivity index (χ3n) is 4.51. The molecular formula is C18H23ClFN3O3. The summed E-state index contributed by atoms with van der Waals surface area (Å²) in [6.07, 6.45) is 1.98. The van der Waals surface area contributed by atoms with E-state index in [4.69, 9.17) is 21.6 Å². The number of hydrogen-bond acceptors (Lipinski definition) is 5. The predicted octanol–water partition coefficient (Wildman–Crippen LogP) is 3.30. The summed E-state index contributed by atoms with van der Waals surface area (Å²) in [7, 11) is 0. The molecular weight excluding hydrogens is 361 g/mol. The number of aliphatic hydroxyl groups excluding tert-OH is 1. The van der Waals surface area contributed by atoms with E-state index in [2.05, 4.69) is 4.98 Å². The fourth-order valence-electron chi connectivity index (χ4n) is 2.97. The van der Waals surface area contributed by atoms with Crippen LogP contribution in [0.1, 0.15) is 44.9 Å². The van der Waals surface area contributed by atoms with Crippen LogP contribution in [0.3, 0.4) is 0 Å². The maximum Gasteiger partial charge on any atom is 0.410 e. The van der Waals surface area contributed by atoms with Crippen LogP contribution in [0.25, 0.3) is 0 Å². The van der Waals surface area contributed by atoms with Gasteiger partial charge in [-0.2, -0.15) is 5.26 Å². The highest BCUT2D eigenvalue weighted by molar-refractivity contribution is 6.31. The number of aromatic nitrogens is 1. The number of carbonyl (C=O) groups excluding carboxylic acids is 1. The van der Waals surface area contributed by atoms with Crippen LogP contribution in [0.2, 0.25) is 5.02 Å². The predicted molar refractivity (Wildman–Crippen MR) is 94.2 cm³/mol. The number of aliphatic hydroxyl groups is 1. The molecule has 0 unspecified atom stereocenters. The molecule has 1 aromatic rings. The lowest BCUT2D eigenvalue weighted by Gasteiger charge is -2.40. The maximum atomic E-state index is 14.5. The molecule has 6 nitrogen and oxygen atoms in total. The highest BCUT2D eigenvalue weighted by Gasteiger charge is 2.38. The molecule has 1 fully saturated rings. The zero-order chi connectivity index (χ0) is 19.5. The smallest absolute Gasteiger partial charge is 0.410 e. The number of amides is 1. The Morgan fingerprint density at radius 3 is 2.62 bits per heavy atom. The molecule has 0 radical (unpaired) electrons. The molecule has 0 saturated carbocycles. The maximum absolute atomic E-state index is 14.5. The second kappa shape index (κ2) is 7.77. The summed E-state index contributed by atoms with van der Waals surface area (Å²) in [5.74, 6) is -0.748. The fraction of sp³-hybridized carbons (Fsp3) is 0.611. The van der Waals surface area contributed by atoms with E-state index in [0.29, 0.717) is 25.9 Å². The largest absolute Gasteiger partial charge is 0.444 e. The lowest BCUT2D eigenvalue weighted by atomic mass is 9.75. The van der Waals surface area contributed by atoms with Crippen LogP contribution in [-0.4, -0.2) is 46.4 Å². The van der Waals surface area contributed by atoms with Crippen molar-refractivity contribution in [3.05, 3.63) is 28.3 Å². The molecule has 1 aliphatic rings. The van der Waals surface area contributed by atoms with E-state index >= 15 is 0 Å². The van der Waals surface area contributed by atoms with Gasteiger partial charge in [-0.3, -0.25) is 4.98 Å². The van der Waals surface area contributed by atoms with Gasteiger partial charge in [0.1, 0.15) is 17.2 Å². The van der Waals surface area contributed by atoms with Gasteiger partial charge in [0.2, 0.25) is 0 Å². The highest BCUT2D eigenvalue weighted by Crippen LogP contribution is 2.36. The van der Waals surface area contributed by atoms with Crippen molar-refractivity contribution in [3.8, 4) is 6.07 Å². The molecule has 0 aromatic carbocycles. The SMILES string of the molecule is CC(C)(C)OC(=O)N1CCC(CO)(Cc2ncc(Cl)c(C#N)c2F)CC1. The van der Waals surface area contributed by atoms with Crippen molar-refractivity contribution in [3.63, 3.8) is 0 Å². The second-order valence-electron chi connectivity index (χ2n) is 7.66. The number of nitriles is 1. The van der Waals surface area contributed by atoms with Gasteiger partial charge in [0.15, 0.2) is 5.82 Å². The van der Waals surface area contributed by atoms with Crippen molar-refractivity contribution >= 4 is 17.7 Å². The number of nitrogens with zero attached hydrogens (tertiary/aromatic N) is 3. The minimum absolute atomic E-state index is 0.0356. The van der Waals surface area contributed by atoms with Gasteiger partial charge in [0.05, 0.1) is 10.7 Å². The first-order valence-electron chi connectivity index (χ1n) is 8.42. The summed E-state index contributed by atoms with van der Waals surface area (Å²) >= 11 is 5.79. The molecule has 1 N–H and O–H groups in total. The third-order valence-corrected chi connectivity index (χ3v) is 4.80. The summed E-state index contributed by atoms with van der Waals surface area (Å²) < 4.78 is 19.8. The molecule has 0 atom stereocenters. The van der Waals surface area contributed by atoms with E-state index in [9.17, 15) is 14.3 Å². The fourth-order valence-corrected chi connectivity index (χ4v) is 3.14. The van der Waals surface area contributed by atoms with Gasteiger partial charge in [0, 0.05) is 37.7 Å². The first-order valence-corrected chi connectivity index (χ1v) is 8.80. The molecule has 1 aromatic heterocycles. The zero-order valence-corrected chi connectivity index (χ0v) is 15.9. The van der Waals surface area contributed by atoms with Gasteiger partial charge in [-0.05, 0) is 33.6 Å². The summed E-state index contributed by atoms with van der Waals surface area (Å²) in [6, 6.07) is 1.74. The molecule has 2 heterocycles. The summed E-state index contributed by atoms with van der Waals surface area (Å²) in [6.45, 7) is 6.03. The van der Waals surface area contributed by atoms with Gasteiger partial charge >= 0.3 is 6.09 Å². The normalized spacial score (nSPS) is 16.9. The number of pyridine rings is 1. The average molecular weight is 384 g/mol. The highest BCUT2D eigenvalue weighted by atomic mass is 35.5. The Kier molecular flexibility index (Phi) is 6.09. The first-order chi connectivity index (χ1) is 12.1. The Morgan fingerprint density at radius 2 is 2.12 bits per heavy atom. The van der Waals surface area contributed by atoms with Crippen LogP contribution in [0.4, 0.5) is 9.18 Å². The van der Waals surface area contributed by atoms with Gasteiger partial charge in [-0.15, -0.1) is 0 Å². The molecule has 8 heteroatoms. The van der Waals surface area contributed by atoms with E-state index in [1.165, 1.54) is 6.20 Å². The van der Waals surface area contributed by atoms with Crippen molar-refractivity contribution in [2.75, 3.05) is 19.7 Å². The Balaban J connectivity index is 2.11. The van der Waals surface area contributed by atoms with Crippen molar-refractivity contribution in [2.24, 2.45) is 5.41 Å². The lowest BCUT2D eigenvalue weighted by Crippen LogP contribution is -2.47. The minimum atomic E-state index is -0.748. The molecule has 0 spiro atoms. The van der Waals surface area contributed by atoms with E-state index in [1.807, 2.05) is 0 Å². The van der Waals surface area contributed by atoms with E-state index in [0.717, 1.165) is 0 Å². The number of ether oxygens (including phenoxy) is 1. The number of likely N-dealkylation sites (tertiary alicyclic amines) is 1. The Labute approximate surface area is 157 Å². The van der Waals surface area contributed by atoms with Crippen molar-refractivity contribution in [1.29, 1.82) is 5.26 Å². The van der Waals surface area contributed by atoms with Crippen LogP contribution in [0, 0.1) is 22.6 Å². The van der Waals surface area contributed by atoms with Crippen molar-refractivity contribution < 1.29 is 19.0 Å². The molecule has 0 bridgehead atoms. The summed E-state index contributed by atoms with van der Waals surface area (Å²) in [4.78, 5) is 17.8. The van der Waals surface area contributed by atoms with Crippen molar-refractivity contribution in [2.45, 2.75) is 45.6 Å². The average Bonchev–Trinajstić information content (AvgIpc) is 2.57. The molecule has 26 heavy (non-hydrogen) atoms. The first kappa shape index (κ1) is 20.4. The number of carbonyl (C=O) groups is 1.